The zero-order valence-corrected chi connectivity index (χ0v) is 32.0. The van der Waals surface area contributed by atoms with Gasteiger partial charge in [-0.3, -0.25) is 0 Å². The third-order valence-electron chi connectivity index (χ3n) is 12.3. The van der Waals surface area contributed by atoms with E-state index in [0.29, 0.717) is 0 Å². The summed E-state index contributed by atoms with van der Waals surface area (Å²) in [5.41, 5.74) is 20.3. The zero-order chi connectivity index (χ0) is 37.9. The van der Waals surface area contributed by atoms with Crippen LogP contribution < -0.4 is 4.90 Å². The van der Waals surface area contributed by atoms with Crippen LogP contribution in [-0.4, -0.2) is 15.7 Å². The summed E-state index contributed by atoms with van der Waals surface area (Å²) in [5, 5.41) is 2.62. The molecule has 3 aliphatic rings. The number of fused-ring (bicyclic) bond motifs is 7. The largest absolute Gasteiger partial charge is 0.341 e. The molecule has 2 aliphatic carbocycles. The van der Waals surface area contributed by atoms with Crippen molar-refractivity contribution in [3.63, 3.8) is 0 Å². The van der Waals surface area contributed by atoms with Crippen molar-refractivity contribution in [3.8, 4) is 22.5 Å². The van der Waals surface area contributed by atoms with Gasteiger partial charge >= 0.3 is 0 Å². The molecule has 0 atom stereocenters. The van der Waals surface area contributed by atoms with E-state index in [-0.39, 0.29) is 0 Å². The Kier molecular flexibility index (Phi) is 8.06. The monoisotopic (exact) mass is 733 g/mol. The van der Waals surface area contributed by atoms with Crippen molar-refractivity contribution in [1.29, 1.82) is 0 Å². The Labute approximate surface area is 334 Å². The summed E-state index contributed by atoms with van der Waals surface area (Å²) in [6, 6.07) is 55.4. The van der Waals surface area contributed by atoms with Gasteiger partial charge in [-0.05, 0) is 133 Å². The Bertz CT molecular complexity index is 2950. The normalized spacial score (nSPS) is 16.0. The maximum Gasteiger partial charge on any atom is 0.0538 e. The van der Waals surface area contributed by atoms with Gasteiger partial charge in [-0.2, -0.15) is 0 Å². The van der Waals surface area contributed by atoms with Crippen LogP contribution in [0.4, 0.5) is 11.4 Å². The number of aromatic nitrogens is 2. The highest BCUT2D eigenvalue weighted by molar-refractivity contribution is 5.98. The van der Waals surface area contributed by atoms with E-state index in [4.69, 9.17) is 6.58 Å². The average molecular weight is 734 g/mol. The predicted octanol–water partition coefficient (Wildman–Crippen LogP) is 13.7. The minimum absolute atomic E-state index is 0.878. The van der Waals surface area contributed by atoms with Crippen molar-refractivity contribution in [2.75, 3.05) is 11.4 Å². The predicted molar refractivity (Wildman–Crippen MR) is 241 cm³/mol. The lowest BCUT2D eigenvalue weighted by molar-refractivity contribution is 0.832. The zero-order valence-electron chi connectivity index (χ0n) is 32.0. The van der Waals surface area contributed by atoms with Gasteiger partial charge in [0.2, 0.25) is 0 Å². The highest BCUT2D eigenvalue weighted by Crippen LogP contribution is 2.43. The van der Waals surface area contributed by atoms with Crippen LogP contribution in [0.15, 0.2) is 182 Å². The van der Waals surface area contributed by atoms with Crippen LogP contribution in [0.25, 0.3) is 62.0 Å². The number of nitrogens with zero attached hydrogens (tertiary/aromatic N) is 3. The number of para-hydroxylation sites is 4. The Morgan fingerprint density at radius 3 is 1.84 bits per heavy atom. The summed E-state index contributed by atoms with van der Waals surface area (Å²) >= 11 is 0. The number of allylic oxidation sites excluding steroid dienone is 4. The second-order valence-electron chi connectivity index (χ2n) is 15.6. The van der Waals surface area contributed by atoms with E-state index in [9.17, 15) is 0 Å². The average Bonchev–Trinajstić information content (AvgIpc) is 3.78. The first kappa shape index (κ1) is 33.5. The summed E-state index contributed by atoms with van der Waals surface area (Å²) in [4.78, 5) is 2.50. The molecular weight excluding hydrogens is 691 g/mol. The fourth-order valence-electron chi connectivity index (χ4n) is 9.67. The van der Waals surface area contributed by atoms with Crippen LogP contribution in [0.5, 0.6) is 0 Å². The lowest BCUT2D eigenvalue weighted by Gasteiger charge is -2.31. The van der Waals surface area contributed by atoms with Crippen molar-refractivity contribution >= 4 is 50.9 Å². The summed E-state index contributed by atoms with van der Waals surface area (Å²) < 4.78 is 4.94. The smallest absolute Gasteiger partial charge is 0.0538 e. The molecule has 0 saturated carbocycles. The van der Waals surface area contributed by atoms with Crippen LogP contribution in [0.3, 0.4) is 0 Å². The van der Waals surface area contributed by atoms with Crippen LogP contribution in [0.2, 0.25) is 0 Å². The number of benzene rings is 6. The van der Waals surface area contributed by atoms with Crippen LogP contribution in [-0.2, 0) is 12.8 Å². The number of hydrogen-bond acceptors (Lipinski definition) is 1. The molecule has 0 saturated heterocycles. The fourth-order valence-corrected chi connectivity index (χ4v) is 9.67. The Hall–Kier alpha value is -6.84. The molecule has 274 valence electrons. The molecule has 11 rings (SSSR count). The highest BCUT2D eigenvalue weighted by atomic mass is 15.1. The summed E-state index contributed by atoms with van der Waals surface area (Å²) in [6.07, 6.45) is 14.6. The van der Waals surface area contributed by atoms with Crippen molar-refractivity contribution in [1.82, 2.24) is 9.13 Å². The fraction of sp³-hybridized carbons (Fsp3) is 0.111. The van der Waals surface area contributed by atoms with Gasteiger partial charge in [-0.15, -0.1) is 0 Å². The molecule has 3 heteroatoms. The quantitative estimate of drug-likeness (QED) is 0.172. The first-order valence-corrected chi connectivity index (χ1v) is 20.3. The van der Waals surface area contributed by atoms with E-state index in [1.54, 1.807) is 0 Å². The highest BCUT2D eigenvalue weighted by Gasteiger charge is 2.26. The van der Waals surface area contributed by atoms with Crippen molar-refractivity contribution in [2.24, 2.45) is 0 Å². The second-order valence-corrected chi connectivity index (χ2v) is 15.6. The Morgan fingerprint density at radius 2 is 1.09 bits per heavy atom. The van der Waals surface area contributed by atoms with Crippen molar-refractivity contribution in [2.45, 2.75) is 32.1 Å². The van der Waals surface area contributed by atoms with E-state index in [0.717, 1.165) is 44.2 Å². The van der Waals surface area contributed by atoms with Gasteiger partial charge in [0, 0.05) is 68.1 Å². The van der Waals surface area contributed by atoms with Gasteiger partial charge in [-0.1, -0.05) is 110 Å². The molecule has 0 fully saturated rings. The first-order valence-electron chi connectivity index (χ1n) is 20.3. The lowest BCUT2D eigenvalue weighted by atomic mass is 9.86. The van der Waals surface area contributed by atoms with E-state index in [1.165, 1.54) is 94.9 Å². The number of anilines is 2. The van der Waals surface area contributed by atoms with E-state index >= 15 is 0 Å². The third-order valence-corrected chi connectivity index (χ3v) is 12.3. The maximum atomic E-state index is 4.80. The van der Waals surface area contributed by atoms with Gasteiger partial charge in [0.05, 0.1) is 11.0 Å². The summed E-state index contributed by atoms with van der Waals surface area (Å²) in [5.74, 6) is 0. The topological polar surface area (TPSA) is 13.1 Å². The number of rotatable bonds is 5. The van der Waals surface area contributed by atoms with Crippen LogP contribution in [0.1, 0.15) is 47.3 Å². The van der Waals surface area contributed by atoms with Gasteiger partial charge in [-0.25, -0.2) is 0 Å². The first-order chi connectivity index (χ1) is 28.2. The minimum Gasteiger partial charge on any atom is -0.341 e. The molecule has 0 spiro atoms. The number of hydrogen-bond donors (Lipinski definition) is 0. The van der Waals surface area contributed by atoms with E-state index in [1.807, 2.05) is 0 Å². The van der Waals surface area contributed by atoms with Gasteiger partial charge in [0.15, 0.2) is 0 Å². The minimum atomic E-state index is 0.878. The Balaban J connectivity index is 1.03. The van der Waals surface area contributed by atoms with Crippen LogP contribution in [0, 0.1) is 0 Å². The van der Waals surface area contributed by atoms with Gasteiger partial charge in [0.1, 0.15) is 0 Å². The molecule has 2 aromatic heterocycles. The maximum absolute atomic E-state index is 4.80. The van der Waals surface area contributed by atoms with Gasteiger partial charge < -0.3 is 14.0 Å². The molecule has 3 nitrogen and oxygen atoms in total. The van der Waals surface area contributed by atoms with E-state index < -0.39 is 0 Å². The van der Waals surface area contributed by atoms with Crippen molar-refractivity contribution < 1.29 is 0 Å². The molecule has 0 unspecified atom stereocenters. The Morgan fingerprint density at radius 1 is 0.474 bits per heavy atom. The molecule has 0 bridgehead atoms. The molecule has 6 aromatic carbocycles. The third kappa shape index (κ3) is 5.65. The summed E-state index contributed by atoms with van der Waals surface area (Å²) in [7, 11) is 0. The van der Waals surface area contributed by atoms with Crippen molar-refractivity contribution in [3.05, 3.63) is 210 Å². The molecular formula is C54H43N3. The van der Waals surface area contributed by atoms with E-state index in [2.05, 4.69) is 190 Å². The standard InChI is InChI=1S/C54H43N3/c1-37-33-41(40-27-30-54-49(36-40)46-22-12-14-24-52(46)57(54)44-19-9-4-10-20-44)31-32-55(42-15-5-2-6-16-42)50-28-25-38(34-47(37)50)39-26-29-53-48(35-39)45-21-11-13-23-51(45)56(53)43-17-7-3-8-18-43/h2-12,14-22,24-26,28-29,33-36H,1,13,23,27,30-32H2/b41-33+. The molecule has 3 heterocycles. The molecule has 0 N–H and O–H groups in total. The summed E-state index contributed by atoms with van der Waals surface area (Å²) in [6.45, 7) is 5.68. The molecule has 8 aromatic rings. The molecule has 0 amide bonds. The van der Waals surface area contributed by atoms with Gasteiger partial charge in [0.25, 0.3) is 0 Å². The SMILES string of the molecule is C=C1/C=C(/C2=Cc3c(n(-c4ccccc4)c4ccccc34)CC2)CCN(c2ccccc2)c2ccc(-c3ccc4c(c3)c3c(n4-c4ccccc4)CCC=C3)cc21. The molecule has 0 radical (unpaired) electrons. The lowest BCUT2D eigenvalue weighted by Crippen LogP contribution is -2.22. The second kappa shape index (κ2) is 13.7. The molecule has 1 aliphatic heterocycles. The van der Waals surface area contributed by atoms with Crippen LogP contribution >= 0.6 is 0 Å². The molecule has 57 heavy (non-hydrogen) atoms.